The minimum absolute atomic E-state index is 0.0248. The predicted molar refractivity (Wildman–Crippen MR) is 148 cm³/mol. The smallest absolute Gasteiger partial charge is 0.373 e. The lowest BCUT2D eigenvalue weighted by atomic mass is 9.80. The van der Waals surface area contributed by atoms with Crippen LogP contribution in [0, 0.1) is 5.41 Å². The minimum Gasteiger partial charge on any atom is -0.377 e. The van der Waals surface area contributed by atoms with Gasteiger partial charge in [-0.25, -0.2) is 0 Å². The Balaban J connectivity index is 0.00000134. The molecule has 2 amide bonds. The summed E-state index contributed by atoms with van der Waals surface area (Å²) in [5, 5.41) is 7.50. The molecular formula is C29H35Cl2N3O5. The molecule has 4 rings (SSSR count). The van der Waals surface area contributed by atoms with Gasteiger partial charge in [-0.3, -0.25) is 14.9 Å². The van der Waals surface area contributed by atoms with Gasteiger partial charge >= 0.3 is 6.15 Å². The van der Waals surface area contributed by atoms with Crippen molar-refractivity contribution in [1.29, 1.82) is 0 Å². The molecule has 0 aromatic heterocycles. The standard InChI is InChI=1S/C28H35Cl2N3O3.CO2/c1-6-31-25(34)19-9-7-18(8-10-19)17(2)33-26(35)24(20-13-21(29)15-22(30)14-20)32-28(33)11-12-36-23(16-28)27(3,4)5;2-1-3/h7-10,13-15,17,23-24,32H,6,11-12,16H2,1-5H3,(H,31,34);/t17-,23?,24?,28?;/m1./s1. The van der Waals surface area contributed by atoms with Crippen LogP contribution in [0.15, 0.2) is 42.5 Å². The highest BCUT2D eigenvalue weighted by atomic mass is 35.5. The molecule has 2 heterocycles. The first-order chi connectivity index (χ1) is 18.4. The number of halogens is 2. The lowest BCUT2D eigenvalue weighted by molar-refractivity contribution is -0.191. The third kappa shape index (κ3) is 6.89. The summed E-state index contributed by atoms with van der Waals surface area (Å²) in [5.74, 6) is -0.134. The Morgan fingerprint density at radius 3 is 2.31 bits per heavy atom. The molecule has 0 saturated carbocycles. The first kappa shape index (κ1) is 30.8. The lowest BCUT2D eigenvalue weighted by Gasteiger charge is -2.49. The quantitative estimate of drug-likeness (QED) is 0.500. The van der Waals surface area contributed by atoms with Gasteiger partial charge in [-0.2, -0.15) is 9.59 Å². The average molecular weight is 577 g/mol. The number of hydrogen-bond donors (Lipinski definition) is 2. The van der Waals surface area contributed by atoms with E-state index in [2.05, 4.69) is 31.4 Å². The van der Waals surface area contributed by atoms with E-state index in [-0.39, 0.29) is 35.5 Å². The topological polar surface area (TPSA) is 105 Å². The molecule has 3 unspecified atom stereocenters. The second-order valence-corrected chi connectivity index (χ2v) is 11.8. The number of rotatable bonds is 5. The Bertz CT molecular complexity index is 1200. The Morgan fingerprint density at radius 1 is 1.18 bits per heavy atom. The van der Waals surface area contributed by atoms with Crippen LogP contribution in [-0.2, 0) is 19.1 Å². The molecule has 0 radical (unpaired) electrons. The number of hydrogen-bond acceptors (Lipinski definition) is 6. The summed E-state index contributed by atoms with van der Waals surface area (Å²) in [4.78, 5) is 44.6. The number of ether oxygens (including phenoxy) is 1. The molecule has 210 valence electrons. The van der Waals surface area contributed by atoms with E-state index in [1.165, 1.54) is 0 Å². The second kappa shape index (κ2) is 12.6. The molecule has 2 fully saturated rings. The summed E-state index contributed by atoms with van der Waals surface area (Å²) in [5.41, 5.74) is 1.63. The highest BCUT2D eigenvalue weighted by Gasteiger charge is 2.56. The highest BCUT2D eigenvalue weighted by molar-refractivity contribution is 6.34. The molecule has 2 aromatic carbocycles. The van der Waals surface area contributed by atoms with E-state index in [1.54, 1.807) is 18.2 Å². The molecule has 0 aliphatic carbocycles. The fraction of sp³-hybridized carbons (Fsp3) is 0.483. The number of carbonyl (C=O) groups excluding carboxylic acids is 4. The average Bonchev–Trinajstić information content (AvgIpc) is 3.14. The van der Waals surface area contributed by atoms with Crippen molar-refractivity contribution in [2.75, 3.05) is 13.2 Å². The fourth-order valence-electron chi connectivity index (χ4n) is 5.35. The van der Waals surface area contributed by atoms with E-state index < -0.39 is 11.7 Å². The van der Waals surface area contributed by atoms with Crippen LogP contribution in [-0.4, -0.2) is 47.8 Å². The zero-order valence-electron chi connectivity index (χ0n) is 22.8. The largest absolute Gasteiger partial charge is 0.377 e. The van der Waals surface area contributed by atoms with Crippen LogP contribution in [0.4, 0.5) is 0 Å². The summed E-state index contributed by atoms with van der Waals surface area (Å²) >= 11 is 12.6. The molecular weight excluding hydrogens is 541 g/mol. The molecule has 2 aliphatic rings. The fourth-order valence-corrected chi connectivity index (χ4v) is 5.89. The van der Waals surface area contributed by atoms with Crippen molar-refractivity contribution in [1.82, 2.24) is 15.5 Å². The molecule has 4 atom stereocenters. The molecule has 2 N–H and O–H groups in total. The molecule has 2 aromatic rings. The number of carbonyl (C=O) groups is 2. The van der Waals surface area contributed by atoms with E-state index in [1.807, 2.05) is 43.0 Å². The van der Waals surface area contributed by atoms with Gasteiger partial charge < -0.3 is 15.0 Å². The number of benzene rings is 2. The van der Waals surface area contributed by atoms with Crippen molar-refractivity contribution < 1.29 is 23.9 Å². The van der Waals surface area contributed by atoms with E-state index in [9.17, 15) is 9.59 Å². The van der Waals surface area contributed by atoms with Crippen LogP contribution in [0.2, 0.25) is 10.0 Å². The second-order valence-electron chi connectivity index (χ2n) is 10.9. The van der Waals surface area contributed by atoms with Crippen LogP contribution in [0.25, 0.3) is 0 Å². The van der Waals surface area contributed by atoms with Crippen molar-refractivity contribution in [3.8, 4) is 0 Å². The Kier molecular flexibility index (Phi) is 9.97. The van der Waals surface area contributed by atoms with Gasteiger partial charge in [-0.1, -0.05) is 56.1 Å². The first-order valence-electron chi connectivity index (χ1n) is 12.9. The van der Waals surface area contributed by atoms with E-state index in [4.69, 9.17) is 37.5 Å². The molecule has 39 heavy (non-hydrogen) atoms. The van der Waals surface area contributed by atoms with Gasteiger partial charge in [0.1, 0.15) is 6.04 Å². The van der Waals surface area contributed by atoms with Gasteiger partial charge in [0.05, 0.1) is 24.4 Å². The van der Waals surface area contributed by atoms with E-state index in [0.717, 1.165) is 11.1 Å². The monoisotopic (exact) mass is 575 g/mol. The van der Waals surface area contributed by atoms with Crippen LogP contribution >= 0.6 is 23.2 Å². The van der Waals surface area contributed by atoms with Crippen LogP contribution in [0.3, 0.4) is 0 Å². The Morgan fingerprint density at radius 2 is 1.77 bits per heavy atom. The highest BCUT2D eigenvalue weighted by Crippen LogP contribution is 2.46. The van der Waals surface area contributed by atoms with Crippen molar-refractivity contribution >= 4 is 41.2 Å². The maximum absolute atomic E-state index is 14.1. The van der Waals surface area contributed by atoms with Gasteiger partial charge in [0.25, 0.3) is 5.91 Å². The van der Waals surface area contributed by atoms with Crippen molar-refractivity contribution in [2.45, 2.75) is 71.3 Å². The first-order valence-corrected chi connectivity index (χ1v) is 13.7. The summed E-state index contributed by atoms with van der Waals surface area (Å²) in [6, 6.07) is 12.0. The zero-order chi connectivity index (χ0) is 29.0. The molecule has 2 aliphatic heterocycles. The predicted octanol–water partition coefficient (Wildman–Crippen LogP) is 5.32. The van der Waals surface area contributed by atoms with E-state index in [0.29, 0.717) is 41.6 Å². The molecule has 1 spiro atoms. The van der Waals surface area contributed by atoms with Crippen LogP contribution in [0.5, 0.6) is 0 Å². The minimum atomic E-state index is -0.593. The Labute approximate surface area is 239 Å². The number of amides is 2. The van der Waals surface area contributed by atoms with Gasteiger partial charge in [0.15, 0.2) is 0 Å². The van der Waals surface area contributed by atoms with E-state index >= 15 is 0 Å². The normalized spacial score (nSPS) is 23.6. The SMILES string of the molecule is CCNC(=O)c1ccc([C@@H](C)N2C(=O)C(c3cc(Cl)cc(Cl)c3)NC23CCOC(C(C)(C)C)C3)cc1.O=C=O. The lowest BCUT2D eigenvalue weighted by Crippen LogP contribution is -2.59. The summed E-state index contributed by atoms with van der Waals surface area (Å²) in [6.45, 7) is 11.5. The summed E-state index contributed by atoms with van der Waals surface area (Å²) < 4.78 is 6.18. The van der Waals surface area contributed by atoms with Gasteiger partial charge in [0.2, 0.25) is 5.91 Å². The van der Waals surface area contributed by atoms with Gasteiger partial charge in [-0.15, -0.1) is 0 Å². The number of nitrogens with one attached hydrogen (secondary N) is 2. The third-order valence-corrected chi connectivity index (χ3v) is 7.72. The third-order valence-electron chi connectivity index (χ3n) is 7.28. The number of nitrogens with zero attached hydrogens (tertiary/aromatic N) is 1. The molecule has 2 saturated heterocycles. The van der Waals surface area contributed by atoms with Crippen molar-refractivity contribution in [3.63, 3.8) is 0 Å². The summed E-state index contributed by atoms with van der Waals surface area (Å²) in [7, 11) is 0. The maximum Gasteiger partial charge on any atom is 0.373 e. The zero-order valence-corrected chi connectivity index (χ0v) is 24.4. The van der Waals surface area contributed by atoms with Crippen LogP contribution in [0.1, 0.15) is 81.0 Å². The van der Waals surface area contributed by atoms with Crippen LogP contribution < -0.4 is 10.6 Å². The van der Waals surface area contributed by atoms with Gasteiger partial charge in [-0.05, 0) is 60.7 Å². The summed E-state index contributed by atoms with van der Waals surface area (Å²) in [6.07, 6.45) is 1.55. The van der Waals surface area contributed by atoms with Crippen molar-refractivity contribution in [3.05, 3.63) is 69.2 Å². The van der Waals surface area contributed by atoms with Gasteiger partial charge in [0, 0.05) is 35.0 Å². The molecule has 10 heteroatoms. The molecule has 8 nitrogen and oxygen atoms in total. The van der Waals surface area contributed by atoms with Crippen molar-refractivity contribution in [2.24, 2.45) is 5.41 Å². The Hall–Kier alpha value is -2.74. The maximum atomic E-state index is 14.1. The molecule has 0 bridgehead atoms.